The molecular formula is C11H21N3O2. The van der Waals surface area contributed by atoms with E-state index in [-0.39, 0.29) is 23.8 Å². The molecule has 1 saturated heterocycles. The summed E-state index contributed by atoms with van der Waals surface area (Å²) in [5, 5.41) is 5.57. The van der Waals surface area contributed by atoms with Crippen LogP contribution in [-0.2, 0) is 9.59 Å². The minimum atomic E-state index is -0.177. The first kappa shape index (κ1) is 13.0. The first-order valence-electron chi connectivity index (χ1n) is 5.77. The standard InChI is InChI=1S/C11H21N3O2/c1-8(12-2)11(16)14-6-4-5-9(7-14)10(15)13-3/h8-9,12H,4-7H2,1-3H3,(H,13,15). The maximum atomic E-state index is 11.9. The number of piperidine rings is 1. The Kier molecular flexibility index (Phi) is 4.73. The fraction of sp³-hybridized carbons (Fsp3) is 0.818. The molecule has 0 aromatic carbocycles. The lowest BCUT2D eigenvalue weighted by atomic mass is 9.96. The number of carbonyl (C=O) groups is 2. The number of hydrogen-bond acceptors (Lipinski definition) is 3. The Bertz CT molecular complexity index is 268. The van der Waals surface area contributed by atoms with E-state index in [9.17, 15) is 9.59 Å². The SMILES string of the molecule is CNC(=O)C1CCCN(C(=O)C(C)NC)C1. The Labute approximate surface area is 96.6 Å². The van der Waals surface area contributed by atoms with Gasteiger partial charge in [0.15, 0.2) is 0 Å². The van der Waals surface area contributed by atoms with E-state index in [1.807, 2.05) is 6.92 Å². The van der Waals surface area contributed by atoms with Crippen molar-refractivity contribution in [2.75, 3.05) is 27.2 Å². The Morgan fingerprint density at radius 3 is 2.62 bits per heavy atom. The fourth-order valence-electron chi connectivity index (χ4n) is 1.99. The summed E-state index contributed by atoms with van der Waals surface area (Å²) in [5.74, 6) is 0.0671. The van der Waals surface area contributed by atoms with Crippen molar-refractivity contribution in [3.8, 4) is 0 Å². The number of likely N-dealkylation sites (tertiary alicyclic amines) is 1. The molecule has 0 saturated carbocycles. The molecule has 0 aliphatic carbocycles. The van der Waals surface area contributed by atoms with Crippen molar-refractivity contribution >= 4 is 11.8 Å². The molecule has 92 valence electrons. The molecule has 2 amide bonds. The van der Waals surface area contributed by atoms with Gasteiger partial charge >= 0.3 is 0 Å². The highest BCUT2D eigenvalue weighted by Gasteiger charge is 2.29. The van der Waals surface area contributed by atoms with Crippen LogP contribution in [0.25, 0.3) is 0 Å². The monoisotopic (exact) mass is 227 g/mol. The molecule has 0 aromatic heterocycles. The van der Waals surface area contributed by atoms with Crippen LogP contribution < -0.4 is 10.6 Å². The molecule has 16 heavy (non-hydrogen) atoms. The number of likely N-dealkylation sites (N-methyl/N-ethyl adjacent to an activating group) is 1. The largest absolute Gasteiger partial charge is 0.359 e. The van der Waals surface area contributed by atoms with Gasteiger partial charge in [-0.2, -0.15) is 0 Å². The Morgan fingerprint density at radius 1 is 1.38 bits per heavy atom. The Balaban J connectivity index is 2.56. The van der Waals surface area contributed by atoms with Crippen molar-refractivity contribution in [2.45, 2.75) is 25.8 Å². The van der Waals surface area contributed by atoms with Crippen LogP contribution in [0.15, 0.2) is 0 Å². The smallest absolute Gasteiger partial charge is 0.239 e. The van der Waals surface area contributed by atoms with Gasteiger partial charge in [0.05, 0.1) is 12.0 Å². The molecule has 2 unspecified atom stereocenters. The van der Waals surface area contributed by atoms with Crippen molar-refractivity contribution in [2.24, 2.45) is 5.92 Å². The zero-order valence-electron chi connectivity index (χ0n) is 10.2. The zero-order chi connectivity index (χ0) is 12.1. The fourth-order valence-corrected chi connectivity index (χ4v) is 1.99. The quantitative estimate of drug-likeness (QED) is 0.688. The van der Waals surface area contributed by atoms with Crippen LogP contribution in [0.2, 0.25) is 0 Å². The van der Waals surface area contributed by atoms with Crippen molar-refractivity contribution in [1.82, 2.24) is 15.5 Å². The van der Waals surface area contributed by atoms with Crippen molar-refractivity contribution in [3.05, 3.63) is 0 Å². The van der Waals surface area contributed by atoms with Crippen LogP contribution in [0, 0.1) is 5.92 Å². The van der Waals surface area contributed by atoms with Gasteiger partial charge in [0.2, 0.25) is 11.8 Å². The normalized spacial score (nSPS) is 22.7. The number of carbonyl (C=O) groups excluding carboxylic acids is 2. The van der Waals surface area contributed by atoms with Crippen molar-refractivity contribution in [1.29, 1.82) is 0 Å². The van der Waals surface area contributed by atoms with Gasteiger partial charge in [-0.3, -0.25) is 9.59 Å². The molecule has 1 heterocycles. The summed E-state index contributed by atoms with van der Waals surface area (Å²) < 4.78 is 0. The van der Waals surface area contributed by atoms with Gasteiger partial charge in [-0.25, -0.2) is 0 Å². The van der Waals surface area contributed by atoms with E-state index >= 15 is 0 Å². The third-order valence-corrected chi connectivity index (χ3v) is 3.15. The van der Waals surface area contributed by atoms with Gasteiger partial charge in [-0.1, -0.05) is 0 Å². The molecule has 1 rings (SSSR count). The van der Waals surface area contributed by atoms with Crippen LogP contribution >= 0.6 is 0 Å². The lowest BCUT2D eigenvalue weighted by molar-refractivity contribution is -0.137. The minimum absolute atomic E-state index is 0.0367. The molecule has 0 spiro atoms. The minimum Gasteiger partial charge on any atom is -0.359 e. The Morgan fingerprint density at radius 2 is 2.06 bits per heavy atom. The predicted molar refractivity (Wildman–Crippen MR) is 61.9 cm³/mol. The molecule has 0 bridgehead atoms. The highest BCUT2D eigenvalue weighted by molar-refractivity contribution is 5.83. The molecule has 1 aliphatic heterocycles. The van der Waals surface area contributed by atoms with Crippen molar-refractivity contribution < 1.29 is 9.59 Å². The summed E-state index contributed by atoms with van der Waals surface area (Å²) >= 11 is 0. The van der Waals surface area contributed by atoms with E-state index in [1.54, 1.807) is 19.0 Å². The average Bonchev–Trinajstić information content (AvgIpc) is 2.36. The van der Waals surface area contributed by atoms with Crippen molar-refractivity contribution in [3.63, 3.8) is 0 Å². The lowest BCUT2D eigenvalue weighted by Gasteiger charge is -2.33. The first-order chi connectivity index (χ1) is 7.60. The maximum absolute atomic E-state index is 11.9. The van der Waals surface area contributed by atoms with Crippen LogP contribution in [0.1, 0.15) is 19.8 Å². The third kappa shape index (κ3) is 2.95. The maximum Gasteiger partial charge on any atom is 0.239 e. The van der Waals surface area contributed by atoms with E-state index in [1.165, 1.54) is 0 Å². The summed E-state index contributed by atoms with van der Waals surface area (Å²) in [6.07, 6.45) is 1.78. The molecule has 2 N–H and O–H groups in total. The van der Waals surface area contributed by atoms with Gasteiger partial charge in [-0.15, -0.1) is 0 Å². The van der Waals surface area contributed by atoms with E-state index in [4.69, 9.17) is 0 Å². The summed E-state index contributed by atoms with van der Waals surface area (Å²) in [7, 11) is 3.40. The van der Waals surface area contributed by atoms with E-state index in [0.717, 1.165) is 19.4 Å². The van der Waals surface area contributed by atoms with Gasteiger partial charge < -0.3 is 15.5 Å². The number of nitrogens with zero attached hydrogens (tertiary/aromatic N) is 1. The van der Waals surface area contributed by atoms with E-state index < -0.39 is 0 Å². The Hall–Kier alpha value is -1.10. The highest BCUT2D eigenvalue weighted by atomic mass is 16.2. The molecule has 0 aromatic rings. The summed E-state index contributed by atoms with van der Waals surface area (Å²) in [6, 6.07) is -0.177. The second kappa shape index (κ2) is 5.84. The second-order valence-corrected chi connectivity index (χ2v) is 4.25. The molecule has 0 radical (unpaired) electrons. The van der Waals surface area contributed by atoms with E-state index in [0.29, 0.717) is 6.54 Å². The number of rotatable bonds is 3. The first-order valence-corrected chi connectivity index (χ1v) is 5.77. The zero-order valence-corrected chi connectivity index (χ0v) is 10.2. The van der Waals surface area contributed by atoms with Gasteiger partial charge in [0.25, 0.3) is 0 Å². The molecular weight excluding hydrogens is 206 g/mol. The molecule has 5 nitrogen and oxygen atoms in total. The van der Waals surface area contributed by atoms with Gasteiger partial charge in [0.1, 0.15) is 0 Å². The molecule has 1 fully saturated rings. The molecule has 5 heteroatoms. The third-order valence-electron chi connectivity index (χ3n) is 3.15. The van der Waals surface area contributed by atoms with E-state index in [2.05, 4.69) is 10.6 Å². The molecule has 2 atom stereocenters. The number of amides is 2. The van der Waals surface area contributed by atoms with Crippen LogP contribution in [0.4, 0.5) is 0 Å². The summed E-state index contributed by atoms with van der Waals surface area (Å²) in [4.78, 5) is 25.2. The average molecular weight is 227 g/mol. The second-order valence-electron chi connectivity index (χ2n) is 4.25. The lowest BCUT2D eigenvalue weighted by Crippen LogP contribution is -2.50. The summed E-state index contributed by atoms with van der Waals surface area (Å²) in [6.45, 7) is 3.15. The topological polar surface area (TPSA) is 61.4 Å². The predicted octanol–water partition coefficient (Wildman–Crippen LogP) is -0.421. The highest BCUT2D eigenvalue weighted by Crippen LogP contribution is 2.17. The number of hydrogen-bond donors (Lipinski definition) is 2. The van der Waals surface area contributed by atoms with Gasteiger partial charge in [-0.05, 0) is 26.8 Å². The van der Waals surface area contributed by atoms with Crippen LogP contribution in [0.5, 0.6) is 0 Å². The summed E-state index contributed by atoms with van der Waals surface area (Å²) in [5.41, 5.74) is 0. The van der Waals surface area contributed by atoms with Gasteiger partial charge in [0, 0.05) is 20.1 Å². The van der Waals surface area contributed by atoms with Crippen LogP contribution in [-0.4, -0.2) is 49.9 Å². The molecule has 1 aliphatic rings. The van der Waals surface area contributed by atoms with Crippen LogP contribution in [0.3, 0.4) is 0 Å². The number of nitrogens with one attached hydrogen (secondary N) is 2.